The summed E-state index contributed by atoms with van der Waals surface area (Å²) in [7, 11) is 0. The molecule has 2 aliphatic heterocycles. The van der Waals surface area contributed by atoms with Gasteiger partial charge in [0.25, 0.3) is 0 Å². The molecule has 2 atom stereocenters. The predicted octanol–water partition coefficient (Wildman–Crippen LogP) is 3.74. The summed E-state index contributed by atoms with van der Waals surface area (Å²) in [6.45, 7) is 1.74. The Morgan fingerprint density at radius 2 is 2.00 bits per heavy atom. The number of hydrogen-bond acceptors (Lipinski definition) is 5. The molecule has 158 valence electrons. The minimum Gasteiger partial charge on any atom is -0.382 e. The molecule has 30 heavy (non-hydrogen) atoms. The molecular weight excluding hydrogens is 420 g/mol. The predicted molar refractivity (Wildman–Crippen MR) is 107 cm³/mol. The fourth-order valence-electron chi connectivity index (χ4n) is 3.99. The van der Waals surface area contributed by atoms with Gasteiger partial charge < -0.3 is 11.1 Å². The maximum absolute atomic E-state index is 14.6. The lowest BCUT2D eigenvalue weighted by atomic mass is 9.84. The van der Waals surface area contributed by atoms with Crippen molar-refractivity contribution in [3.05, 3.63) is 64.7 Å². The number of rotatable bonds is 3. The molecule has 2 heterocycles. The van der Waals surface area contributed by atoms with Crippen LogP contribution in [0.4, 0.5) is 23.2 Å². The molecule has 5 nitrogen and oxygen atoms in total. The van der Waals surface area contributed by atoms with Crippen LogP contribution in [-0.4, -0.2) is 29.0 Å². The van der Waals surface area contributed by atoms with Crippen molar-refractivity contribution in [3.8, 4) is 0 Å². The third kappa shape index (κ3) is 3.14. The van der Waals surface area contributed by atoms with E-state index in [1.807, 2.05) is 0 Å². The maximum atomic E-state index is 14.6. The molecule has 10 heteroatoms. The molecule has 0 saturated heterocycles. The number of anilines is 1. The molecule has 4 rings (SSSR count). The summed E-state index contributed by atoms with van der Waals surface area (Å²) >= 11 is 0.974. The Hall–Kier alpha value is -2.59. The number of carbonyl (C=O) groups is 1. The van der Waals surface area contributed by atoms with Gasteiger partial charge in [0, 0.05) is 36.6 Å². The molecule has 2 unspecified atom stereocenters. The molecule has 0 radical (unpaired) electrons. The van der Waals surface area contributed by atoms with Crippen molar-refractivity contribution in [1.29, 1.82) is 0 Å². The van der Waals surface area contributed by atoms with Gasteiger partial charge in [-0.25, -0.2) is 22.6 Å². The molecule has 0 saturated carbocycles. The zero-order chi connectivity index (χ0) is 21.6. The Morgan fingerprint density at radius 1 is 1.23 bits per heavy atom. The second kappa shape index (κ2) is 7.59. The van der Waals surface area contributed by atoms with E-state index in [9.17, 15) is 22.4 Å². The Morgan fingerprint density at radius 3 is 2.70 bits per heavy atom. The van der Waals surface area contributed by atoms with E-state index in [2.05, 4.69) is 10.4 Å². The first kappa shape index (κ1) is 20.7. The standard InChI is InChI=1S/C20H18F4N4OS/c1-10(29)28-20(30-19(27-28)14-6-12(21)2-3-16(14)23)11(4-5-25)9-26-18-15(20)7-13(22)8-17(18)24/h2-3,6-8,11,26H,4-5,9,25H2,1H3. The number of hydrazone groups is 1. The summed E-state index contributed by atoms with van der Waals surface area (Å²) in [4.78, 5) is 11.2. The van der Waals surface area contributed by atoms with Gasteiger partial charge in [0.1, 0.15) is 33.2 Å². The van der Waals surface area contributed by atoms with Gasteiger partial charge in [-0.15, -0.1) is 0 Å². The highest BCUT2D eigenvalue weighted by Gasteiger charge is 2.56. The minimum absolute atomic E-state index is 0.0413. The highest BCUT2D eigenvalue weighted by molar-refractivity contribution is 8.15. The van der Waals surface area contributed by atoms with Gasteiger partial charge in [-0.1, -0.05) is 11.8 Å². The van der Waals surface area contributed by atoms with Crippen molar-refractivity contribution in [2.24, 2.45) is 16.8 Å². The SMILES string of the molecule is CC(=O)N1N=C(c2cc(F)ccc2F)SC12c1cc(F)cc(F)c1NCC2CCN. The number of amides is 1. The summed E-state index contributed by atoms with van der Waals surface area (Å²) < 4.78 is 57.0. The Kier molecular flexibility index (Phi) is 5.23. The van der Waals surface area contributed by atoms with Crippen LogP contribution in [-0.2, 0) is 9.67 Å². The maximum Gasteiger partial charge on any atom is 0.241 e. The lowest BCUT2D eigenvalue weighted by molar-refractivity contribution is -0.133. The minimum atomic E-state index is -1.36. The topological polar surface area (TPSA) is 70.7 Å². The molecule has 3 N–H and O–H groups in total. The summed E-state index contributed by atoms with van der Waals surface area (Å²) in [5.41, 5.74) is 5.84. The molecule has 0 bridgehead atoms. The summed E-state index contributed by atoms with van der Waals surface area (Å²) in [6, 6.07) is 4.79. The molecular formula is C20H18F4N4OS. The van der Waals surface area contributed by atoms with E-state index >= 15 is 0 Å². The number of thioether (sulfide) groups is 1. The quantitative estimate of drug-likeness (QED) is 0.717. The number of nitrogens with zero attached hydrogens (tertiary/aromatic N) is 2. The van der Waals surface area contributed by atoms with Crippen LogP contribution in [0, 0.1) is 29.2 Å². The molecule has 2 aromatic rings. The van der Waals surface area contributed by atoms with E-state index < -0.39 is 40.0 Å². The molecule has 2 aromatic carbocycles. The van der Waals surface area contributed by atoms with Gasteiger partial charge in [0.05, 0.1) is 5.69 Å². The van der Waals surface area contributed by atoms with Crippen LogP contribution in [0.5, 0.6) is 0 Å². The smallest absolute Gasteiger partial charge is 0.241 e. The third-order valence-electron chi connectivity index (χ3n) is 5.25. The molecule has 0 aliphatic carbocycles. The number of nitrogens with two attached hydrogens (primary N) is 1. The van der Waals surface area contributed by atoms with Crippen molar-refractivity contribution in [2.45, 2.75) is 18.2 Å². The molecule has 1 spiro atoms. The van der Waals surface area contributed by atoms with Gasteiger partial charge in [0.15, 0.2) is 0 Å². The van der Waals surface area contributed by atoms with Crippen LogP contribution in [0.25, 0.3) is 0 Å². The molecule has 0 fully saturated rings. The number of nitrogens with one attached hydrogen (secondary N) is 1. The van der Waals surface area contributed by atoms with Crippen molar-refractivity contribution >= 4 is 28.4 Å². The van der Waals surface area contributed by atoms with Gasteiger partial charge >= 0.3 is 0 Å². The number of fused-ring (bicyclic) bond motifs is 2. The Bertz CT molecular complexity index is 1060. The van der Waals surface area contributed by atoms with Crippen LogP contribution in [0.2, 0.25) is 0 Å². The third-order valence-corrected chi connectivity index (χ3v) is 6.78. The fourth-order valence-corrected chi connectivity index (χ4v) is 5.57. The summed E-state index contributed by atoms with van der Waals surface area (Å²) in [5.74, 6) is -3.94. The average Bonchev–Trinajstić information content (AvgIpc) is 3.08. The highest BCUT2D eigenvalue weighted by atomic mass is 32.2. The van der Waals surface area contributed by atoms with Gasteiger partial charge in [-0.2, -0.15) is 5.10 Å². The van der Waals surface area contributed by atoms with Crippen LogP contribution < -0.4 is 11.1 Å². The highest BCUT2D eigenvalue weighted by Crippen LogP contribution is 2.57. The van der Waals surface area contributed by atoms with Crippen molar-refractivity contribution in [1.82, 2.24) is 5.01 Å². The molecule has 1 amide bonds. The Balaban J connectivity index is 1.94. The van der Waals surface area contributed by atoms with Crippen LogP contribution in [0.1, 0.15) is 24.5 Å². The molecule has 0 aromatic heterocycles. The van der Waals surface area contributed by atoms with E-state index in [1.54, 1.807) is 0 Å². The number of hydrogen-bond donors (Lipinski definition) is 2. The van der Waals surface area contributed by atoms with Crippen LogP contribution >= 0.6 is 11.8 Å². The van der Waals surface area contributed by atoms with Crippen molar-refractivity contribution in [2.75, 3.05) is 18.4 Å². The second-order valence-electron chi connectivity index (χ2n) is 7.12. The fraction of sp³-hybridized carbons (Fsp3) is 0.300. The van der Waals surface area contributed by atoms with Crippen LogP contribution in [0.15, 0.2) is 35.4 Å². The first-order valence-corrected chi connectivity index (χ1v) is 10.1. The lowest BCUT2D eigenvalue weighted by Gasteiger charge is -2.46. The van der Waals surface area contributed by atoms with Crippen molar-refractivity contribution < 1.29 is 22.4 Å². The average molecular weight is 438 g/mol. The van der Waals surface area contributed by atoms with Gasteiger partial charge in [-0.3, -0.25) is 4.79 Å². The summed E-state index contributed by atoms with van der Waals surface area (Å²) in [5, 5.41) is 8.37. The monoisotopic (exact) mass is 438 g/mol. The van der Waals surface area contributed by atoms with Gasteiger partial charge in [-0.05, 0) is 37.2 Å². The lowest BCUT2D eigenvalue weighted by Crippen LogP contribution is -2.51. The first-order valence-electron chi connectivity index (χ1n) is 9.25. The number of halogens is 4. The largest absolute Gasteiger partial charge is 0.382 e. The van der Waals surface area contributed by atoms with E-state index in [4.69, 9.17) is 5.73 Å². The molecule has 2 aliphatic rings. The van der Waals surface area contributed by atoms with Crippen molar-refractivity contribution in [3.63, 3.8) is 0 Å². The zero-order valence-electron chi connectivity index (χ0n) is 15.9. The number of carbonyl (C=O) groups excluding carboxylic acids is 1. The van der Waals surface area contributed by atoms with Crippen LogP contribution in [0.3, 0.4) is 0 Å². The van der Waals surface area contributed by atoms with Gasteiger partial charge in [0.2, 0.25) is 5.91 Å². The summed E-state index contributed by atoms with van der Waals surface area (Å²) in [6.07, 6.45) is 0.399. The normalized spacial score (nSPS) is 22.7. The second-order valence-corrected chi connectivity index (χ2v) is 8.34. The van der Waals surface area contributed by atoms with E-state index in [-0.39, 0.29) is 34.9 Å². The van der Waals surface area contributed by atoms with E-state index in [1.165, 1.54) is 6.92 Å². The van der Waals surface area contributed by atoms with E-state index in [0.29, 0.717) is 6.42 Å². The Labute approximate surface area is 174 Å². The zero-order valence-corrected chi connectivity index (χ0v) is 16.7. The number of benzene rings is 2. The first-order chi connectivity index (χ1) is 14.3. The van der Waals surface area contributed by atoms with E-state index in [0.717, 1.165) is 47.1 Å².